The van der Waals surface area contributed by atoms with Gasteiger partial charge in [0.05, 0.1) is 30.0 Å². The van der Waals surface area contributed by atoms with Gasteiger partial charge in [0.15, 0.2) is 0 Å². The van der Waals surface area contributed by atoms with Crippen LogP contribution < -0.4 is 10.5 Å². The van der Waals surface area contributed by atoms with Crippen molar-refractivity contribution in [2.24, 2.45) is 0 Å². The van der Waals surface area contributed by atoms with Crippen LogP contribution in [0.15, 0.2) is 18.3 Å². The molecule has 2 heterocycles. The number of nitrogens with two attached hydrogens (primary N) is 1. The zero-order chi connectivity index (χ0) is 11.1. The Kier molecular flexibility index (Phi) is 3.07. The second-order valence-corrected chi connectivity index (χ2v) is 4.12. The van der Waals surface area contributed by atoms with Crippen LogP contribution in [0.25, 0.3) is 11.0 Å². The highest BCUT2D eigenvalue weighted by Gasteiger charge is 2.28. The summed E-state index contributed by atoms with van der Waals surface area (Å²) < 4.78 is 5.14. The van der Waals surface area contributed by atoms with E-state index in [9.17, 15) is 0 Å². The summed E-state index contributed by atoms with van der Waals surface area (Å²) in [6.07, 6.45) is 4.12. The first kappa shape index (κ1) is 11.9. The van der Waals surface area contributed by atoms with E-state index in [1.165, 1.54) is 12.8 Å². The van der Waals surface area contributed by atoms with Crippen LogP contribution in [0, 0.1) is 0 Å². The Morgan fingerprint density at radius 1 is 1.35 bits per heavy atom. The molecule has 0 saturated heterocycles. The molecule has 0 aromatic carbocycles. The molecule has 5 heteroatoms. The van der Waals surface area contributed by atoms with E-state index < -0.39 is 0 Å². The third-order valence-electron chi connectivity index (χ3n) is 2.95. The predicted octanol–water partition coefficient (Wildman–Crippen LogP) is 2.52. The number of hydrogen-bond donors (Lipinski definition) is 1. The molecular weight excluding hydrogens is 238 g/mol. The summed E-state index contributed by atoms with van der Waals surface area (Å²) in [4.78, 5) is 8.73. The van der Waals surface area contributed by atoms with E-state index in [-0.39, 0.29) is 12.4 Å². The van der Waals surface area contributed by atoms with Gasteiger partial charge in [0, 0.05) is 11.6 Å². The van der Waals surface area contributed by atoms with Gasteiger partial charge in [-0.3, -0.25) is 4.98 Å². The summed E-state index contributed by atoms with van der Waals surface area (Å²) in [7, 11) is 1.62. The molecule has 2 aromatic heterocycles. The third kappa shape index (κ3) is 2.00. The van der Waals surface area contributed by atoms with Crippen molar-refractivity contribution in [1.82, 2.24) is 9.97 Å². The van der Waals surface area contributed by atoms with Crippen molar-refractivity contribution >= 4 is 29.1 Å². The van der Waals surface area contributed by atoms with E-state index >= 15 is 0 Å². The lowest BCUT2D eigenvalue weighted by atomic mass is 10.1. The van der Waals surface area contributed by atoms with Crippen molar-refractivity contribution in [2.75, 3.05) is 12.8 Å². The summed E-state index contributed by atoms with van der Waals surface area (Å²) in [6.45, 7) is 0. The number of methoxy groups -OCH3 is 1. The monoisotopic (exact) mass is 251 g/mol. The SMILES string of the molecule is COc1ccc2ncc(N)c(C3CC3)c2n1.Cl. The Hall–Kier alpha value is -1.55. The molecule has 0 unspecified atom stereocenters. The van der Waals surface area contributed by atoms with Crippen LogP contribution in [0.1, 0.15) is 24.3 Å². The van der Waals surface area contributed by atoms with Gasteiger partial charge in [-0.15, -0.1) is 12.4 Å². The minimum atomic E-state index is 0. The minimum absolute atomic E-state index is 0. The van der Waals surface area contributed by atoms with Gasteiger partial charge in [-0.25, -0.2) is 4.98 Å². The first-order chi connectivity index (χ1) is 7.79. The van der Waals surface area contributed by atoms with E-state index in [4.69, 9.17) is 10.5 Å². The van der Waals surface area contributed by atoms with Gasteiger partial charge in [0.25, 0.3) is 0 Å². The third-order valence-corrected chi connectivity index (χ3v) is 2.95. The van der Waals surface area contributed by atoms with Crippen LogP contribution in [-0.2, 0) is 0 Å². The summed E-state index contributed by atoms with van der Waals surface area (Å²) in [6, 6.07) is 3.74. The number of nitrogens with zero attached hydrogens (tertiary/aromatic N) is 2. The van der Waals surface area contributed by atoms with Gasteiger partial charge in [-0.2, -0.15) is 0 Å². The molecule has 0 amide bonds. The average molecular weight is 252 g/mol. The standard InChI is InChI=1S/C12H13N3O.ClH/c1-16-10-5-4-9-12(15-10)11(7-2-3-7)8(13)6-14-9;/h4-7H,2-3,13H2,1H3;1H. The first-order valence-corrected chi connectivity index (χ1v) is 5.38. The van der Waals surface area contributed by atoms with Gasteiger partial charge < -0.3 is 10.5 Å². The molecule has 3 rings (SSSR count). The molecule has 1 saturated carbocycles. The summed E-state index contributed by atoms with van der Waals surface area (Å²) in [5, 5.41) is 0. The van der Waals surface area contributed by atoms with E-state index in [0.29, 0.717) is 11.8 Å². The van der Waals surface area contributed by atoms with Gasteiger partial charge in [0.2, 0.25) is 5.88 Å². The fourth-order valence-corrected chi connectivity index (χ4v) is 2.00. The summed E-state index contributed by atoms with van der Waals surface area (Å²) in [5.74, 6) is 1.17. The van der Waals surface area contributed by atoms with E-state index in [0.717, 1.165) is 22.3 Å². The molecule has 17 heavy (non-hydrogen) atoms. The van der Waals surface area contributed by atoms with Crippen LogP contribution in [0.3, 0.4) is 0 Å². The van der Waals surface area contributed by atoms with Crippen LogP contribution in [-0.4, -0.2) is 17.1 Å². The van der Waals surface area contributed by atoms with E-state index in [1.54, 1.807) is 13.3 Å². The molecule has 0 radical (unpaired) electrons. The molecule has 1 aliphatic carbocycles. The van der Waals surface area contributed by atoms with Crippen LogP contribution >= 0.6 is 12.4 Å². The highest BCUT2D eigenvalue weighted by atomic mass is 35.5. The van der Waals surface area contributed by atoms with Crippen molar-refractivity contribution < 1.29 is 4.74 Å². The van der Waals surface area contributed by atoms with Crippen molar-refractivity contribution in [3.8, 4) is 5.88 Å². The average Bonchev–Trinajstić information content (AvgIpc) is 3.12. The molecule has 1 fully saturated rings. The number of pyridine rings is 2. The number of nitrogen functional groups attached to an aromatic ring is 1. The van der Waals surface area contributed by atoms with Crippen LogP contribution in [0.2, 0.25) is 0 Å². The molecule has 90 valence electrons. The summed E-state index contributed by atoms with van der Waals surface area (Å²) in [5.41, 5.74) is 9.64. The Morgan fingerprint density at radius 2 is 2.12 bits per heavy atom. The molecule has 1 aliphatic rings. The summed E-state index contributed by atoms with van der Waals surface area (Å²) >= 11 is 0. The zero-order valence-electron chi connectivity index (χ0n) is 9.51. The molecule has 0 aliphatic heterocycles. The highest BCUT2D eigenvalue weighted by molar-refractivity contribution is 5.85. The van der Waals surface area contributed by atoms with Crippen molar-refractivity contribution in [1.29, 1.82) is 0 Å². The Labute approximate surface area is 106 Å². The lowest BCUT2D eigenvalue weighted by Crippen LogP contribution is -1.98. The van der Waals surface area contributed by atoms with Gasteiger partial charge in [0.1, 0.15) is 0 Å². The normalized spacial score (nSPS) is 14.4. The number of halogens is 1. The number of aromatic nitrogens is 2. The second kappa shape index (κ2) is 4.37. The first-order valence-electron chi connectivity index (χ1n) is 5.38. The van der Waals surface area contributed by atoms with Gasteiger partial charge >= 0.3 is 0 Å². The molecule has 2 N–H and O–H groups in total. The van der Waals surface area contributed by atoms with Crippen LogP contribution in [0.5, 0.6) is 5.88 Å². The lowest BCUT2D eigenvalue weighted by Gasteiger charge is -2.08. The topological polar surface area (TPSA) is 61.0 Å². The van der Waals surface area contributed by atoms with Crippen molar-refractivity contribution in [3.05, 3.63) is 23.9 Å². The zero-order valence-corrected chi connectivity index (χ0v) is 10.3. The fourth-order valence-electron chi connectivity index (χ4n) is 2.00. The predicted molar refractivity (Wildman–Crippen MR) is 69.7 cm³/mol. The maximum Gasteiger partial charge on any atom is 0.213 e. The van der Waals surface area contributed by atoms with Gasteiger partial charge in [-0.1, -0.05) is 0 Å². The maximum atomic E-state index is 5.98. The smallest absolute Gasteiger partial charge is 0.213 e. The van der Waals surface area contributed by atoms with Crippen molar-refractivity contribution in [3.63, 3.8) is 0 Å². The molecule has 2 aromatic rings. The number of rotatable bonds is 2. The molecule has 0 atom stereocenters. The minimum Gasteiger partial charge on any atom is -0.481 e. The number of anilines is 1. The highest BCUT2D eigenvalue weighted by Crippen LogP contribution is 2.45. The number of fused-ring (bicyclic) bond motifs is 1. The lowest BCUT2D eigenvalue weighted by molar-refractivity contribution is 0.399. The quantitative estimate of drug-likeness (QED) is 0.891. The number of ether oxygens (including phenoxy) is 1. The second-order valence-electron chi connectivity index (χ2n) is 4.12. The van der Waals surface area contributed by atoms with Gasteiger partial charge in [-0.05, 0) is 24.8 Å². The molecule has 0 bridgehead atoms. The molecule has 4 nitrogen and oxygen atoms in total. The Bertz CT molecular complexity index is 555. The Balaban J connectivity index is 0.00000108. The largest absolute Gasteiger partial charge is 0.481 e. The van der Waals surface area contributed by atoms with E-state index in [1.807, 2.05) is 12.1 Å². The number of hydrogen-bond acceptors (Lipinski definition) is 4. The van der Waals surface area contributed by atoms with Crippen LogP contribution in [0.4, 0.5) is 5.69 Å². The van der Waals surface area contributed by atoms with Crippen molar-refractivity contribution in [2.45, 2.75) is 18.8 Å². The van der Waals surface area contributed by atoms with E-state index in [2.05, 4.69) is 9.97 Å². The maximum absolute atomic E-state index is 5.98. The molecule has 0 spiro atoms. The molecular formula is C12H14ClN3O. The Morgan fingerprint density at radius 3 is 2.76 bits per heavy atom. The fraction of sp³-hybridized carbons (Fsp3) is 0.333.